The quantitative estimate of drug-likeness (QED) is 0.616. The van der Waals surface area contributed by atoms with Crippen molar-refractivity contribution in [2.45, 2.75) is 13.0 Å². The Balaban J connectivity index is 4.26. The molecule has 0 saturated heterocycles. The molecule has 0 aliphatic carbocycles. The number of aliphatic hydroxyl groups excluding tert-OH is 1. The van der Waals surface area contributed by atoms with Crippen LogP contribution in [0.15, 0.2) is 12.7 Å². The Bertz CT molecular complexity index is 233. The fraction of sp³-hybridized carbons (Fsp3) is 0.714. The summed E-state index contributed by atoms with van der Waals surface area (Å²) < 4.78 is 23.5. The van der Waals surface area contributed by atoms with Crippen LogP contribution in [0.2, 0.25) is 0 Å². The van der Waals surface area contributed by atoms with Crippen LogP contribution in [0.3, 0.4) is 0 Å². The highest BCUT2D eigenvalue weighted by atomic mass is 32.2. The molecule has 0 heterocycles. The smallest absolute Gasteiger partial charge is 0.217 e. The van der Waals surface area contributed by atoms with Crippen LogP contribution in [-0.2, 0) is 10.0 Å². The summed E-state index contributed by atoms with van der Waals surface area (Å²) in [6.07, 6.45) is 0.683. The van der Waals surface area contributed by atoms with E-state index in [0.29, 0.717) is 0 Å². The molecular formula is C7H15NO3S. The lowest BCUT2D eigenvalue weighted by Crippen LogP contribution is -2.34. The highest BCUT2D eigenvalue weighted by Crippen LogP contribution is 1.99. The van der Waals surface area contributed by atoms with Crippen molar-refractivity contribution in [3.63, 3.8) is 0 Å². The highest BCUT2D eigenvalue weighted by Gasteiger charge is 2.16. The fourth-order valence-corrected chi connectivity index (χ4v) is 1.76. The van der Waals surface area contributed by atoms with Gasteiger partial charge in [0.15, 0.2) is 0 Å². The van der Waals surface area contributed by atoms with E-state index in [4.69, 9.17) is 5.11 Å². The van der Waals surface area contributed by atoms with E-state index in [0.717, 1.165) is 4.31 Å². The number of aliphatic hydroxyl groups is 1. The molecule has 0 aromatic carbocycles. The van der Waals surface area contributed by atoms with Crippen LogP contribution in [0.4, 0.5) is 0 Å². The molecular weight excluding hydrogens is 178 g/mol. The Kier molecular flexibility index (Phi) is 4.44. The van der Waals surface area contributed by atoms with Gasteiger partial charge in [0.05, 0.1) is 11.9 Å². The summed E-state index contributed by atoms with van der Waals surface area (Å²) in [7, 11) is -1.81. The number of rotatable bonds is 5. The maximum Gasteiger partial charge on any atom is 0.217 e. The van der Waals surface area contributed by atoms with E-state index in [1.165, 1.54) is 13.1 Å². The zero-order chi connectivity index (χ0) is 9.78. The van der Waals surface area contributed by atoms with Crippen LogP contribution in [0.5, 0.6) is 0 Å². The Hall–Kier alpha value is -0.390. The van der Waals surface area contributed by atoms with E-state index < -0.39 is 16.1 Å². The molecule has 0 saturated carbocycles. The predicted octanol–water partition coefficient (Wildman–Crippen LogP) is -0.185. The Labute approximate surface area is 73.6 Å². The molecule has 5 heteroatoms. The zero-order valence-electron chi connectivity index (χ0n) is 7.40. The Morgan fingerprint density at radius 1 is 1.67 bits per heavy atom. The van der Waals surface area contributed by atoms with Gasteiger partial charge in [0, 0.05) is 13.6 Å². The molecule has 0 fully saturated rings. The molecule has 0 aliphatic heterocycles. The molecule has 0 aliphatic rings. The standard InChI is InChI=1S/C7H15NO3S/c1-4-5-12(10,11)8(3)6-7(2)9/h4,7,9H,1,5-6H2,2-3H3. The lowest BCUT2D eigenvalue weighted by atomic mass is 10.4. The first kappa shape index (κ1) is 11.6. The molecule has 0 aromatic heterocycles. The van der Waals surface area contributed by atoms with Crippen molar-refractivity contribution < 1.29 is 13.5 Å². The molecule has 1 N–H and O–H groups in total. The SMILES string of the molecule is C=CCS(=O)(=O)N(C)CC(C)O. The Morgan fingerprint density at radius 2 is 2.17 bits per heavy atom. The molecule has 4 nitrogen and oxygen atoms in total. The predicted molar refractivity (Wildman–Crippen MR) is 48.3 cm³/mol. The first-order chi connectivity index (χ1) is 5.40. The van der Waals surface area contributed by atoms with Crippen molar-refractivity contribution in [1.29, 1.82) is 0 Å². The van der Waals surface area contributed by atoms with Crippen LogP contribution < -0.4 is 0 Å². The minimum Gasteiger partial charge on any atom is -0.392 e. The number of likely N-dealkylation sites (N-methyl/N-ethyl adjacent to an activating group) is 1. The van der Waals surface area contributed by atoms with Gasteiger partial charge in [-0.3, -0.25) is 0 Å². The van der Waals surface area contributed by atoms with E-state index in [9.17, 15) is 8.42 Å². The summed E-state index contributed by atoms with van der Waals surface area (Å²) >= 11 is 0. The van der Waals surface area contributed by atoms with Crippen molar-refractivity contribution in [3.8, 4) is 0 Å². The molecule has 0 bridgehead atoms. The number of sulfonamides is 1. The minimum absolute atomic E-state index is 0.0871. The zero-order valence-corrected chi connectivity index (χ0v) is 8.21. The largest absolute Gasteiger partial charge is 0.392 e. The van der Waals surface area contributed by atoms with Crippen LogP contribution in [-0.4, -0.2) is 43.3 Å². The molecule has 1 atom stereocenters. The second-order valence-corrected chi connectivity index (χ2v) is 4.82. The molecule has 0 rings (SSSR count). The van der Waals surface area contributed by atoms with Gasteiger partial charge in [0.25, 0.3) is 0 Å². The third kappa shape index (κ3) is 3.85. The summed E-state index contributed by atoms with van der Waals surface area (Å²) in [5.41, 5.74) is 0. The number of hydrogen-bond donors (Lipinski definition) is 1. The van der Waals surface area contributed by atoms with Crippen LogP contribution in [0, 0.1) is 0 Å². The van der Waals surface area contributed by atoms with Gasteiger partial charge in [0.2, 0.25) is 10.0 Å². The number of hydrogen-bond acceptors (Lipinski definition) is 3. The van der Waals surface area contributed by atoms with E-state index in [-0.39, 0.29) is 12.3 Å². The minimum atomic E-state index is -3.25. The molecule has 12 heavy (non-hydrogen) atoms. The topological polar surface area (TPSA) is 57.6 Å². The van der Waals surface area contributed by atoms with Crippen molar-refractivity contribution in [2.75, 3.05) is 19.3 Å². The molecule has 72 valence electrons. The second-order valence-electron chi connectivity index (χ2n) is 2.70. The molecule has 1 unspecified atom stereocenters. The molecule has 0 spiro atoms. The second kappa shape index (κ2) is 4.59. The van der Waals surface area contributed by atoms with Gasteiger partial charge >= 0.3 is 0 Å². The van der Waals surface area contributed by atoms with E-state index in [1.54, 1.807) is 6.92 Å². The summed E-state index contributed by atoms with van der Waals surface area (Å²) in [4.78, 5) is 0. The van der Waals surface area contributed by atoms with Crippen LogP contribution in [0.1, 0.15) is 6.92 Å². The van der Waals surface area contributed by atoms with Crippen molar-refractivity contribution in [3.05, 3.63) is 12.7 Å². The van der Waals surface area contributed by atoms with Crippen molar-refractivity contribution >= 4 is 10.0 Å². The van der Waals surface area contributed by atoms with Gasteiger partial charge in [-0.15, -0.1) is 6.58 Å². The van der Waals surface area contributed by atoms with Crippen LogP contribution in [0.25, 0.3) is 0 Å². The first-order valence-corrected chi connectivity index (χ1v) is 5.24. The monoisotopic (exact) mass is 193 g/mol. The van der Waals surface area contributed by atoms with E-state index >= 15 is 0 Å². The fourth-order valence-electron chi connectivity index (χ4n) is 0.762. The summed E-state index contributed by atoms with van der Waals surface area (Å²) in [6, 6.07) is 0. The lowest BCUT2D eigenvalue weighted by molar-refractivity contribution is 0.171. The van der Waals surface area contributed by atoms with Gasteiger partial charge in [-0.1, -0.05) is 6.08 Å². The average Bonchev–Trinajstić information content (AvgIpc) is 1.85. The van der Waals surface area contributed by atoms with Gasteiger partial charge in [-0.25, -0.2) is 12.7 Å². The van der Waals surface area contributed by atoms with Crippen LogP contribution >= 0.6 is 0 Å². The number of nitrogens with zero attached hydrogens (tertiary/aromatic N) is 1. The normalized spacial score (nSPS) is 14.7. The average molecular weight is 193 g/mol. The summed E-state index contributed by atoms with van der Waals surface area (Å²) in [5.74, 6) is -0.0871. The maximum atomic E-state index is 11.2. The third-order valence-corrected chi connectivity index (χ3v) is 3.08. The third-order valence-electron chi connectivity index (χ3n) is 1.32. The summed E-state index contributed by atoms with van der Waals surface area (Å²) in [5, 5.41) is 8.92. The maximum absolute atomic E-state index is 11.2. The lowest BCUT2D eigenvalue weighted by Gasteiger charge is -2.17. The van der Waals surface area contributed by atoms with Gasteiger partial charge < -0.3 is 5.11 Å². The molecule has 0 aromatic rings. The van der Waals surface area contributed by atoms with Crippen molar-refractivity contribution in [2.24, 2.45) is 0 Å². The van der Waals surface area contributed by atoms with Gasteiger partial charge in [-0.05, 0) is 6.92 Å². The van der Waals surface area contributed by atoms with Gasteiger partial charge in [-0.2, -0.15) is 0 Å². The summed E-state index contributed by atoms with van der Waals surface area (Å²) in [6.45, 7) is 5.00. The first-order valence-electron chi connectivity index (χ1n) is 3.63. The Morgan fingerprint density at radius 3 is 2.50 bits per heavy atom. The van der Waals surface area contributed by atoms with Gasteiger partial charge in [0.1, 0.15) is 0 Å². The highest BCUT2D eigenvalue weighted by molar-refractivity contribution is 7.89. The molecule has 0 radical (unpaired) electrons. The van der Waals surface area contributed by atoms with E-state index in [2.05, 4.69) is 6.58 Å². The van der Waals surface area contributed by atoms with Crippen molar-refractivity contribution in [1.82, 2.24) is 4.31 Å². The van der Waals surface area contributed by atoms with E-state index in [1.807, 2.05) is 0 Å². The molecule has 0 amide bonds.